The highest BCUT2D eigenvalue weighted by Crippen LogP contribution is 2.54. The van der Waals surface area contributed by atoms with E-state index in [9.17, 15) is 0 Å². The Labute approximate surface area is 321 Å². The van der Waals surface area contributed by atoms with Crippen LogP contribution in [0.2, 0.25) is 0 Å². The number of hydrogen-bond donors (Lipinski definition) is 0. The molecule has 0 saturated heterocycles. The molecule has 5 nitrogen and oxygen atoms in total. The summed E-state index contributed by atoms with van der Waals surface area (Å²) in [5.41, 5.74) is 10.1. The minimum Gasteiger partial charge on any atom is -0.456 e. The largest absolute Gasteiger partial charge is 0.456 e. The van der Waals surface area contributed by atoms with Crippen LogP contribution < -0.4 is 4.90 Å². The molecule has 9 aromatic carbocycles. The molecule has 0 radical (unpaired) electrons. The fourth-order valence-electron chi connectivity index (χ4n) is 8.63. The van der Waals surface area contributed by atoms with Crippen LogP contribution in [-0.2, 0) is 0 Å². The lowest BCUT2D eigenvalue weighted by atomic mass is 9.88. The molecular formula is C51H30N4O. The average molecular weight is 715 g/mol. The van der Waals surface area contributed by atoms with Gasteiger partial charge < -0.3 is 9.32 Å². The summed E-state index contributed by atoms with van der Waals surface area (Å²) in [5, 5.41) is 9.06. The van der Waals surface area contributed by atoms with Crippen molar-refractivity contribution in [2.24, 2.45) is 0 Å². The molecule has 260 valence electrons. The topological polar surface area (TPSA) is 55.1 Å². The van der Waals surface area contributed by atoms with E-state index >= 15 is 0 Å². The van der Waals surface area contributed by atoms with E-state index < -0.39 is 0 Å². The average Bonchev–Trinajstić information content (AvgIpc) is 3.64. The van der Waals surface area contributed by atoms with Gasteiger partial charge >= 0.3 is 0 Å². The zero-order chi connectivity index (χ0) is 36.7. The Morgan fingerprint density at radius 1 is 0.357 bits per heavy atom. The normalized spacial score (nSPS) is 12.2. The third-order valence-corrected chi connectivity index (χ3v) is 11.2. The van der Waals surface area contributed by atoms with Gasteiger partial charge in [-0.15, -0.1) is 0 Å². The molecule has 0 N–H and O–H groups in total. The van der Waals surface area contributed by atoms with Gasteiger partial charge in [-0.3, -0.25) is 0 Å². The highest BCUT2D eigenvalue weighted by Gasteiger charge is 2.30. The Kier molecular flexibility index (Phi) is 6.56. The molecule has 1 aliphatic rings. The summed E-state index contributed by atoms with van der Waals surface area (Å²) in [4.78, 5) is 18.3. The third-order valence-electron chi connectivity index (χ3n) is 11.2. The SMILES string of the molecule is c1ccc(-c2nc(-c3ccc4oc5ccccc5c4c3)nc(-c3c(N4c5cc6ccccc6cc5-c5cccc6cccc4c56)ccc4ccccc34)n2)cc1. The number of fused-ring (bicyclic) bond motifs is 7. The van der Waals surface area contributed by atoms with Gasteiger partial charge in [0, 0.05) is 32.8 Å². The monoisotopic (exact) mass is 714 g/mol. The van der Waals surface area contributed by atoms with Gasteiger partial charge in [-0.25, -0.2) is 15.0 Å². The first-order valence-electron chi connectivity index (χ1n) is 18.9. The van der Waals surface area contributed by atoms with Crippen LogP contribution in [0.1, 0.15) is 0 Å². The molecule has 2 aromatic heterocycles. The van der Waals surface area contributed by atoms with Crippen molar-refractivity contribution in [3.8, 4) is 45.3 Å². The van der Waals surface area contributed by atoms with Crippen LogP contribution in [0.25, 0.3) is 99.5 Å². The highest BCUT2D eigenvalue weighted by molar-refractivity contribution is 6.17. The van der Waals surface area contributed by atoms with Gasteiger partial charge in [-0.05, 0) is 81.0 Å². The minimum absolute atomic E-state index is 0.595. The van der Waals surface area contributed by atoms with Crippen LogP contribution >= 0.6 is 0 Å². The summed E-state index contributed by atoms with van der Waals surface area (Å²) >= 11 is 0. The zero-order valence-electron chi connectivity index (χ0n) is 30.0. The number of aromatic nitrogens is 3. The molecule has 12 rings (SSSR count). The maximum absolute atomic E-state index is 6.21. The van der Waals surface area contributed by atoms with Crippen molar-refractivity contribution < 1.29 is 4.42 Å². The van der Waals surface area contributed by atoms with Gasteiger partial charge in [0.25, 0.3) is 0 Å². The number of anilines is 3. The molecule has 0 fully saturated rings. The number of para-hydroxylation sites is 1. The van der Waals surface area contributed by atoms with E-state index in [1.807, 2.05) is 48.5 Å². The van der Waals surface area contributed by atoms with E-state index in [1.165, 1.54) is 32.7 Å². The van der Waals surface area contributed by atoms with Crippen molar-refractivity contribution in [3.05, 3.63) is 182 Å². The van der Waals surface area contributed by atoms with Crippen LogP contribution in [0.4, 0.5) is 17.1 Å². The van der Waals surface area contributed by atoms with E-state index in [0.29, 0.717) is 17.5 Å². The maximum Gasteiger partial charge on any atom is 0.166 e. The second kappa shape index (κ2) is 11.9. The van der Waals surface area contributed by atoms with Crippen molar-refractivity contribution in [2.45, 2.75) is 0 Å². The molecule has 56 heavy (non-hydrogen) atoms. The first-order chi connectivity index (χ1) is 27.7. The molecule has 0 amide bonds. The Hall–Kier alpha value is -7.63. The van der Waals surface area contributed by atoms with E-state index in [0.717, 1.165) is 66.5 Å². The fraction of sp³-hybridized carbons (Fsp3) is 0. The first-order valence-corrected chi connectivity index (χ1v) is 18.9. The lowest BCUT2D eigenvalue weighted by Gasteiger charge is -2.35. The molecule has 0 unspecified atom stereocenters. The predicted octanol–water partition coefficient (Wildman–Crippen LogP) is 13.7. The quantitative estimate of drug-likeness (QED) is 0.182. The molecule has 0 saturated carbocycles. The van der Waals surface area contributed by atoms with E-state index in [1.54, 1.807) is 0 Å². The van der Waals surface area contributed by atoms with Crippen molar-refractivity contribution >= 4 is 71.3 Å². The molecule has 0 aliphatic carbocycles. The maximum atomic E-state index is 6.21. The zero-order valence-corrected chi connectivity index (χ0v) is 30.0. The number of benzene rings is 9. The molecular weight excluding hydrogens is 685 g/mol. The minimum atomic E-state index is 0.595. The lowest BCUT2D eigenvalue weighted by Crippen LogP contribution is -2.16. The van der Waals surface area contributed by atoms with Gasteiger partial charge in [-0.2, -0.15) is 0 Å². The van der Waals surface area contributed by atoms with Gasteiger partial charge in [0.1, 0.15) is 11.2 Å². The smallest absolute Gasteiger partial charge is 0.166 e. The summed E-state index contributed by atoms with van der Waals surface area (Å²) in [6.45, 7) is 0. The van der Waals surface area contributed by atoms with E-state index in [4.69, 9.17) is 19.4 Å². The standard InChI is InChI=1S/C51H30N4O/c1-2-13-33(14-3-1)49-52-50(36-25-27-46-41(29-36)38-20-8-9-23-45(38)56-46)54-51(53-49)48-37-19-7-6-12-31(37)24-26-43(48)55-42-22-11-18-32-17-10-21-39(47(32)42)40-28-34-15-4-5-16-35(34)30-44(40)55/h1-30H. The second-order valence-corrected chi connectivity index (χ2v) is 14.4. The Morgan fingerprint density at radius 3 is 1.88 bits per heavy atom. The summed E-state index contributed by atoms with van der Waals surface area (Å²) in [5.74, 6) is 1.81. The van der Waals surface area contributed by atoms with Crippen molar-refractivity contribution in [1.82, 2.24) is 15.0 Å². The fourth-order valence-corrected chi connectivity index (χ4v) is 8.63. The van der Waals surface area contributed by atoms with Crippen LogP contribution in [0.5, 0.6) is 0 Å². The van der Waals surface area contributed by atoms with Crippen molar-refractivity contribution in [1.29, 1.82) is 0 Å². The number of nitrogens with zero attached hydrogens (tertiary/aromatic N) is 4. The molecule has 11 aromatic rings. The molecule has 0 atom stereocenters. The van der Waals surface area contributed by atoms with Crippen LogP contribution in [0, 0.1) is 0 Å². The van der Waals surface area contributed by atoms with Gasteiger partial charge in [0.05, 0.1) is 22.6 Å². The third kappa shape index (κ3) is 4.64. The summed E-state index contributed by atoms with van der Waals surface area (Å²) in [7, 11) is 0. The number of rotatable bonds is 4. The summed E-state index contributed by atoms with van der Waals surface area (Å²) < 4.78 is 6.21. The number of hydrogen-bond acceptors (Lipinski definition) is 5. The van der Waals surface area contributed by atoms with Crippen LogP contribution in [0.3, 0.4) is 0 Å². The predicted molar refractivity (Wildman–Crippen MR) is 230 cm³/mol. The molecule has 3 heterocycles. The molecule has 5 heteroatoms. The van der Waals surface area contributed by atoms with Gasteiger partial charge in [0.15, 0.2) is 17.5 Å². The lowest BCUT2D eigenvalue weighted by molar-refractivity contribution is 0.669. The van der Waals surface area contributed by atoms with Crippen LogP contribution in [-0.4, -0.2) is 15.0 Å². The number of furan rings is 1. The van der Waals surface area contributed by atoms with Crippen molar-refractivity contribution in [3.63, 3.8) is 0 Å². The Bertz CT molecular complexity index is 3380. The first kappa shape index (κ1) is 30.8. The highest BCUT2D eigenvalue weighted by atomic mass is 16.3. The van der Waals surface area contributed by atoms with E-state index in [2.05, 4.69) is 138 Å². The van der Waals surface area contributed by atoms with Gasteiger partial charge in [0.2, 0.25) is 0 Å². The Balaban J connectivity index is 1.17. The molecule has 0 spiro atoms. The Morgan fingerprint density at radius 2 is 1.02 bits per heavy atom. The summed E-state index contributed by atoms with van der Waals surface area (Å²) in [6.07, 6.45) is 0. The summed E-state index contributed by atoms with van der Waals surface area (Å²) in [6, 6.07) is 64.0. The van der Waals surface area contributed by atoms with E-state index in [-0.39, 0.29) is 0 Å². The van der Waals surface area contributed by atoms with Crippen molar-refractivity contribution in [2.75, 3.05) is 4.90 Å². The molecule has 0 bridgehead atoms. The van der Waals surface area contributed by atoms with Gasteiger partial charge in [-0.1, -0.05) is 133 Å². The van der Waals surface area contributed by atoms with Crippen LogP contribution in [0.15, 0.2) is 186 Å². The molecule has 1 aliphatic heterocycles. The second-order valence-electron chi connectivity index (χ2n) is 14.4.